The molecule has 2 amide bonds. The van der Waals surface area contributed by atoms with E-state index in [1.54, 1.807) is 0 Å². The van der Waals surface area contributed by atoms with Crippen LogP contribution in [0.5, 0.6) is 0 Å². The minimum absolute atomic E-state index is 0. The summed E-state index contributed by atoms with van der Waals surface area (Å²) in [4.78, 5) is 25.5. The molecular weight excluding hydrogens is 363 g/mol. The van der Waals surface area contributed by atoms with E-state index in [0.29, 0.717) is 0 Å². The number of nitrogens with zero attached hydrogens (tertiary/aromatic N) is 3. The molecular formula is C13H13N4NaO6S. The molecule has 3 heterocycles. The number of fused-ring (bicyclic) bond motifs is 1. The quantitative estimate of drug-likeness (QED) is 0.138. The number of rotatable bonds is 4. The summed E-state index contributed by atoms with van der Waals surface area (Å²) in [7, 11) is -4.86. The molecule has 2 saturated heterocycles. The van der Waals surface area contributed by atoms with Crippen LogP contribution in [0, 0.1) is 5.41 Å². The van der Waals surface area contributed by atoms with Crippen molar-refractivity contribution in [2.24, 2.45) is 0 Å². The van der Waals surface area contributed by atoms with E-state index in [2.05, 4.69) is 0 Å². The van der Waals surface area contributed by atoms with Crippen molar-refractivity contribution in [2.75, 3.05) is 6.54 Å². The molecule has 2 aliphatic rings. The van der Waals surface area contributed by atoms with Crippen LogP contribution in [0.15, 0.2) is 24.5 Å². The number of β-lactam (4-membered cyclic amide) rings is 1. The Bertz CT molecular complexity index is 845. The molecule has 0 aliphatic carbocycles. The van der Waals surface area contributed by atoms with Gasteiger partial charge in [-0.15, -0.1) is 0 Å². The van der Waals surface area contributed by atoms with Crippen LogP contribution in [0.3, 0.4) is 0 Å². The molecule has 0 unspecified atom stereocenters. The van der Waals surface area contributed by atoms with Gasteiger partial charge in [-0.1, -0.05) is 0 Å². The normalized spacial score (nSPS) is 22.0. The second-order valence-electron chi connectivity index (χ2n) is 5.57. The Morgan fingerprint density at radius 3 is 2.72 bits per heavy atom. The molecule has 2 atom stereocenters. The Kier molecular flexibility index (Phi) is 5.54. The van der Waals surface area contributed by atoms with Crippen LogP contribution in [0.1, 0.15) is 12.0 Å². The van der Waals surface area contributed by atoms with E-state index >= 15 is 0 Å². The zero-order valence-electron chi connectivity index (χ0n) is 13.3. The molecule has 1 aromatic heterocycles. The number of hydrogen-bond acceptors (Lipinski definition) is 7. The predicted octanol–water partition coefficient (Wildman–Crippen LogP) is -6.06. The molecule has 0 spiro atoms. The number of carbonyl (C=O) groups excluding carboxylic acids is 2. The van der Waals surface area contributed by atoms with Gasteiger partial charge in [0.15, 0.2) is 22.7 Å². The first-order valence-electron chi connectivity index (χ1n) is 7.04. The third-order valence-corrected chi connectivity index (χ3v) is 5.07. The Labute approximate surface area is 165 Å². The minimum Gasteiger partial charge on any atom is -0.859 e. The molecule has 0 bridgehead atoms. The number of likely N-dealkylation sites (tertiary alicyclic amines) is 1. The van der Waals surface area contributed by atoms with E-state index in [0.717, 1.165) is 0 Å². The number of carbonyl (C=O) groups is 2. The molecule has 128 valence electrons. The van der Waals surface area contributed by atoms with Gasteiger partial charge in [0.2, 0.25) is 6.54 Å². The summed E-state index contributed by atoms with van der Waals surface area (Å²) in [5.41, 5.74) is 0.118. The van der Waals surface area contributed by atoms with E-state index in [1.807, 2.05) is 0 Å². The Morgan fingerprint density at radius 2 is 2.12 bits per heavy atom. The molecule has 0 aromatic carbocycles. The van der Waals surface area contributed by atoms with Gasteiger partial charge < -0.3 is 20.0 Å². The zero-order chi connectivity index (χ0) is 17.6. The largest absolute Gasteiger partial charge is 1.00 e. The molecule has 10 nitrogen and oxygen atoms in total. The number of pyridine rings is 1. The molecule has 12 heteroatoms. The summed E-state index contributed by atoms with van der Waals surface area (Å²) >= 11 is 0. The summed E-state index contributed by atoms with van der Waals surface area (Å²) in [5.74, 6) is -2.21. The number of amides is 2. The fraction of sp³-hybridized carbons (Fsp3) is 0.385. The van der Waals surface area contributed by atoms with Gasteiger partial charge in [-0.05, 0) is 18.4 Å². The maximum absolute atomic E-state index is 12.4. The zero-order valence-corrected chi connectivity index (χ0v) is 16.1. The molecule has 1 aromatic rings. The van der Waals surface area contributed by atoms with Gasteiger partial charge in [-0.3, -0.25) is 9.59 Å². The van der Waals surface area contributed by atoms with Gasteiger partial charge in [-0.2, -0.15) is 4.57 Å². The summed E-state index contributed by atoms with van der Waals surface area (Å²) in [6.07, 6.45) is 3.10. The van der Waals surface area contributed by atoms with Crippen molar-refractivity contribution in [3.63, 3.8) is 0 Å². The molecule has 0 radical (unpaired) electrons. The molecule has 0 saturated carbocycles. The van der Waals surface area contributed by atoms with Gasteiger partial charge in [0.25, 0.3) is 11.8 Å². The monoisotopic (exact) mass is 376 g/mol. The van der Waals surface area contributed by atoms with Crippen LogP contribution in [-0.2, 0) is 26.4 Å². The average Bonchev–Trinajstić information content (AvgIpc) is 2.84. The molecule has 1 N–H and O–H groups in total. The van der Waals surface area contributed by atoms with E-state index in [9.17, 15) is 27.7 Å². The maximum Gasteiger partial charge on any atom is 1.00 e. The SMILES string of the molecule is N=C([O-])c1ccc[n+](CC(=O)N2CC[C@@H]3[C@H]2C(=O)N3S(=O)(=O)[O-])c1.[Na+]. The molecule has 2 fully saturated rings. The van der Waals surface area contributed by atoms with E-state index in [4.69, 9.17) is 5.41 Å². The third-order valence-electron chi connectivity index (χ3n) is 4.14. The predicted molar refractivity (Wildman–Crippen MR) is 73.9 cm³/mol. The first-order chi connectivity index (χ1) is 11.2. The van der Waals surface area contributed by atoms with Crippen LogP contribution in [0.2, 0.25) is 0 Å². The van der Waals surface area contributed by atoms with Gasteiger partial charge >= 0.3 is 29.6 Å². The number of aromatic nitrogens is 1. The first-order valence-corrected chi connectivity index (χ1v) is 8.40. The van der Waals surface area contributed by atoms with Gasteiger partial charge in [0.1, 0.15) is 6.04 Å². The van der Waals surface area contributed by atoms with Crippen LogP contribution >= 0.6 is 0 Å². The van der Waals surface area contributed by atoms with Crippen molar-refractivity contribution in [3.05, 3.63) is 30.1 Å². The van der Waals surface area contributed by atoms with E-state index in [1.165, 1.54) is 34.0 Å². The first kappa shape index (κ1) is 19.8. The average molecular weight is 376 g/mol. The fourth-order valence-corrected chi connectivity index (χ4v) is 3.97. The van der Waals surface area contributed by atoms with Crippen molar-refractivity contribution in [2.45, 2.75) is 25.0 Å². The minimum atomic E-state index is -4.86. The summed E-state index contributed by atoms with van der Waals surface area (Å²) < 4.78 is 34.8. The smallest absolute Gasteiger partial charge is 0.859 e. The summed E-state index contributed by atoms with van der Waals surface area (Å²) in [5, 5.41) is 18.1. The van der Waals surface area contributed by atoms with Gasteiger partial charge in [-0.25, -0.2) is 12.7 Å². The summed E-state index contributed by atoms with van der Waals surface area (Å²) in [6, 6.07) is 1.23. The van der Waals surface area contributed by atoms with Crippen LogP contribution in [-0.4, -0.2) is 58.5 Å². The third kappa shape index (κ3) is 3.55. The maximum atomic E-state index is 12.4. The molecule has 3 rings (SSSR count). The van der Waals surface area contributed by atoms with E-state index < -0.39 is 40.1 Å². The van der Waals surface area contributed by atoms with Crippen molar-refractivity contribution in [3.8, 4) is 0 Å². The fourth-order valence-electron chi connectivity index (χ4n) is 3.09. The van der Waals surface area contributed by atoms with Crippen LogP contribution in [0.4, 0.5) is 0 Å². The van der Waals surface area contributed by atoms with Gasteiger partial charge in [0.05, 0.1) is 6.04 Å². The van der Waals surface area contributed by atoms with Crippen molar-refractivity contribution >= 4 is 28.0 Å². The number of hydrogen-bond donors (Lipinski definition) is 1. The second kappa shape index (κ2) is 7.00. The molecule has 2 aliphatic heterocycles. The Hall–Kier alpha value is -1.53. The number of nitrogens with one attached hydrogen (secondary N) is 1. The van der Waals surface area contributed by atoms with Crippen molar-refractivity contribution in [1.29, 1.82) is 5.41 Å². The van der Waals surface area contributed by atoms with Crippen molar-refractivity contribution < 1.29 is 61.8 Å². The molecule has 25 heavy (non-hydrogen) atoms. The Balaban J connectivity index is 0.00000225. The van der Waals surface area contributed by atoms with Crippen molar-refractivity contribution in [1.82, 2.24) is 9.21 Å². The topological polar surface area (TPSA) is 149 Å². The van der Waals surface area contributed by atoms with Crippen LogP contribution in [0.25, 0.3) is 0 Å². The van der Waals surface area contributed by atoms with Gasteiger partial charge in [0, 0.05) is 18.2 Å². The Morgan fingerprint density at radius 1 is 1.44 bits per heavy atom. The van der Waals surface area contributed by atoms with E-state index in [-0.39, 0.29) is 58.9 Å². The standard InChI is InChI=1S/C13H14N4O6S.Na/c14-12(19)8-2-1-4-15(6-8)7-10(18)16-5-3-9-11(16)13(20)17(9)24(21,22)23;/h1-2,4,6,9,11H,3,5,7H2,(H2-,14,19,21,22,23);/q;+1/p-1/t9-,11+;/m1./s1. The summed E-state index contributed by atoms with van der Waals surface area (Å²) in [6.45, 7) is 0.00526. The second-order valence-corrected chi connectivity index (χ2v) is 6.82. The van der Waals surface area contributed by atoms with Crippen LogP contribution < -0.4 is 39.2 Å².